The lowest BCUT2D eigenvalue weighted by molar-refractivity contribution is 0.637. The summed E-state index contributed by atoms with van der Waals surface area (Å²) in [6.07, 6.45) is 0. The molecule has 0 atom stereocenters. The number of nitrogens with two attached hydrogens (primary N) is 1. The molecule has 0 aliphatic heterocycles. The van der Waals surface area contributed by atoms with Crippen molar-refractivity contribution in [3.05, 3.63) is 47.8 Å². The molecule has 2 N–H and O–H groups in total. The van der Waals surface area contributed by atoms with Crippen molar-refractivity contribution < 1.29 is 4.39 Å². The van der Waals surface area contributed by atoms with E-state index in [1.165, 1.54) is 6.07 Å². The van der Waals surface area contributed by atoms with Crippen molar-refractivity contribution in [1.82, 2.24) is 4.98 Å². The molecule has 3 aromatic rings. The van der Waals surface area contributed by atoms with Gasteiger partial charge >= 0.3 is 0 Å². The fourth-order valence-corrected chi connectivity index (χ4v) is 2.22. The number of nitrogen functional groups attached to an aromatic ring is 1. The first kappa shape index (κ1) is 10.0. The number of benzene rings is 2. The molecule has 1 heterocycles. The van der Waals surface area contributed by atoms with E-state index in [4.69, 9.17) is 5.73 Å². The summed E-state index contributed by atoms with van der Waals surface area (Å²) >= 11 is 0. The first-order valence-electron chi connectivity index (χ1n) is 5.41. The van der Waals surface area contributed by atoms with Gasteiger partial charge in [-0.15, -0.1) is 0 Å². The molecule has 17 heavy (non-hydrogen) atoms. The lowest BCUT2D eigenvalue weighted by Gasteiger charge is -2.09. The lowest BCUT2D eigenvalue weighted by atomic mass is 10.0. The highest BCUT2D eigenvalue weighted by Crippen LogP contribution is 2.31. The molecule has 0 aliphatic carbocycles. The summed E-state index contributed by atoms with van der Waals surface area (Å²) in [7, 11) is 0. The molecule has 0 aliphatic rings. The number of rotatable bonds is 0. The van der Waals surface area contributed by atoms with Gasteiger partial charge in [-0.25, -0.2) is 9.37 Å². The normalized spacial score (nSPS) is 11.2. The number of anilines is 1. The van der Waals surface area contributed by atoms with Gasteiger partial charge in [0.1, 0.15) is 17.2 Å². The Kier molecular flexibility index (Phi) is 2.01. The maximum absolute atomic E-state index is 13.8. The third-order valence-corrected chi connectivity index (χ3v) is 3.04. The van der Waals surface area contributed by atoms with Crippen LogP contribution in [0, 0.1) is 12.7 Å². The molecule has 1 aromatic heterocycles. The van der Waals surface area contributed by atoms with Crippen molar-refractivity contribution in [2.45, 2.75) is 6.92 Å². The Bertz CT molecular complexity index is 735. The topological polar surface area (TPSA) is 38.9 Å². The predicted octanol–water partition coefficient (Wildman–Crippen LogP) is 3.42. The number of aromatic nitrogens is 1. The van der Waals surface area contributed by atoms with E-state index in [0.717, 1.165) is 21.7 Å². The quantitative estimate of drug-likeness (QED) is 0.596. The Morgan fingerprint density at radius 3 is 2.53 bits per heavy atom. The van der Waals surface area contributed by atoms with Gasteiger partial charge < -0.3 is 5.73 Å². The van der Waals surface area contributed by atoms with Crippen molar-refractivity contribution in [2.24, 2.45) is 0 Å². The maximum atomic E-state index is 13.8. The third-order valence-electron chi connectivity index (χ3n) is 3.04. The second-order valence-corrected chi connectivity index (χ2v) is 4.13. The summed E-state index contributed by atoms with van der Waals surface area (Å²) in [5.41, 5.74) is 7.22. The Morgan fingerprint density at radius 1 is 1.06 bits per heavy atom. The van der Waals surface area contributed by atoms with E-state index in [1.54, 1.807) is 6.07 Å². The van der Waals surface area contributed by atoms with Crippen molar-refractivity contribution in [1.29, 1.82) is 0 Å². The summed E-state index contributed by atoms with van der Waals surface area (Å²) in [5, 5.41) is 2.66. The molecule has 2 aromatic carbocycles. The second kappa shape index (κ2) is 3.42. The molecule has 3 heteroatoms. The van der Waals surface area contributed by atoms with Crippen LogP contribution in [-0.4, -0.2) is 4.98 Å². The molecule has 84 valence electrons. The molecule has 0 amide bonds. The lowest BCUT2D eigenvalue weighted by Crippen LogP contribution is -1.96. The SMILES string of the molecule is Cc1ccc(F)c2nc(N)c3ccccc3c12. The largest absolute Gasteiger partial charge is 0.383 e. The van der Waals surface area contributed by atoms with Crippen LogP contribution >= 0.6 is 0 Å². The zero-order chi connectivity index (χ0) is 12.0. The maximum Gasteiger partial charge on any atom is 0.149 e. The number of hydrogen-bond acceptors (Lipinski definition) is 2. The third kappa shape index (κ3) is 1.35. The summed E-state index contributed by atoms with van der Waals surface area (Å²) < 4.78 is 13.8. The van der Waals surface area contributed by atoms with Gasteiger partial charge in [-0.2, -0.15) is 0 Å². The molecular weight excluding hydrogens is 215 g/mol. The van der Waals surface area contributed by atoms with Crippen LogP contribution in [-0.2, 0) is 0 Å². The van der Waals surface area contributed by atoms with Gasteiger partial charge in [0.25, 0.3) is 0 Å². The fraction of sp³-hybridized carbons (Fsp3) is 0.0714. The number of aryl methyl sites for hydroxylation is 1. The van der Waals surface area contributed by atoms with Gasteiger partial charge in [0.05, 0.1) is 0 Å². The summed E-state index contributed by atoms with van der Waals surface area (Å²) in [5.74, 6) is 0.0423. The number of hydrogen-bond donors (Lipinski definition) is 1. The van der Waals surface area contributed by atoms with E-state index >= 15 is 0 Å². The standard InChI is InChI=1S/C14H11FN2/c1-8-6-7-11(15)13-12(8)9-4-2-3-5-10(9)14(16)17-13/h2-7H,1H3,(H2,16,17). The van der Waals surface area contributed by atoms with Crippen LogP contribution in [0.1, 0.15) is 5.56 Å². The van der Waals surface area contributed by atoms with Crippen LogP contribution in [0.25, 0.3) is 21.7 Å². The van der Waals surface area contributed by atoms with Gasteiger partial charge in [-0.1, -0.05) is 30.3 Å². The highest BCUT2D eigenvalue weighted by Gasteiger charge is 2.10. The zero-order valence-corrected chi connectivity index (χ0v) is 9.37. The van der Waals surface area contributed by atoms with E-state index in [9.17, 15) is 4.39 Å². The molecular formula is C14H11FN2. The number of halogens is 1. The smallest absolute Gasteiger partial charge is 0.149 e. The van der Waals surface area contributed by atoms with E-state index in [2.05, 4.69) is 4.98 Å². The first-order valence-corrected chi connectivity index (χ1v) is 5.41. The van der Waals surface area contributed by atoms with E-state index in [1.807, 2.05) is 31.2 Å². The Morgan fingerprint density at radius 2 is 1.76 bits per heavy atom. The van der Waals surface area contributed by atoms with Crippen LogP contribution in [0.15, 0.2) is 36.4 Å². The van der Waals surface area contributed by atoms with Crippen molar-refractivity contribution >= 4 is 27.5 Å². The van der Waals surface area contributed by atoms with Gasteiger partial charge in [0.15, 0.2) is 0 Å². The van der Waals surface area contributed by atoms with Crippen LogP contribution in [0.3, 0.4) is 0 Å². The second-order valence-electron chi connectivity index (χ2n) is 4.13. The van der Waals surface area contributed by atoms with Crippen LogP contribution in [0.4, 0.5) is 10.2 Å². The summed E-state index contributed by atoms with van der Waals surface area (Å²) in [6, 6.07) is 10.9. The average molecular weight is 226 g/mol. The van der Waals surface area contributed by atoms with Gasteiger partial charge in [0, 0.05) is 10.8 Å². The number of nitrogens with zero attached hydrogens (tertiary/aromatic N) is 1. The molecule has 0 bridgehead atoms. The highest BCUT2D eigenvalue weighted by atomic mass is 19.1. The van der Waals surface area contributed by atoms with Crippen LogP contribution in [0.2, 0.25) is 0 Å². The molecule has 0 fully saturated rings. The summed E-state index contributed by atoms with van der Waals surface area (Å²) in [6.45, 7) is 1.95. The Hall–Kier alpha value is -2.16. The van der Waals surface area contributed by atoms with Crippen LogP contribution < -0.4 is 5.73 Å². The highest BCUT2D eigenvalue weighted by molar-refractivity contribution is 6.11. The van der Waals surface area contributed by atoms with E-state index < -0.39 is 0 Å². The van der Waals surface area contributed by atoms with Crippen LogP contribution in [0.5, 0.6) is 0 Å². The first-order chi connectivity index (χ1) is 8.18. The Balaban J connectivity index is 2.68. The van der Waals surface area contributed by atoms with Gasteiger partial charge in [0.2, 0.25) is 0 Å². The fourth-order valence-electron chi connectivity index (χ4n) is 2.22. The van der Waals surface area contributed by atoms with Gasteiger partial charge in [-0.3, -0.25) is 0 Å². The molecule has 0 spiro atoms. The molecule has 0 saturated heterocycles. The molecule has 0 radical (unpaired) electrons. The Labute approximate surface area is 97.9 Å². The predicted molar refractivity (Wildman–Crippen MR) is 68.4 cm³/mol. The van der Waals surface area contributed by atoms with Crippen molar-refractivity contribution in [3.8, 4) is 0 Å². The minimum atomic E-state index is -0.331. The van der Waals surface area contributed by atoms with E-state index in [-0.39, 0.29) is 5.82 Å². The molecule has 0 saturated carbocycles. The van der Waals surface area contributed by atoms with Gasteiger partial charge in [-0.05, 0) is 23.9 Å². The number of pyridine rings is 1. The minimum absolute atomic E-state index is 0.331. The van der Waals surface area contributed by atoms with Crippen molar-refractivity contribution in [2.75, 3.05) is 5.73 Å². The number of fused-ring (bicyclic) bond motifs is 3. The molecule has 0 unspecified atom stereocenters. The molecule has 2 nitrogen and oxygen atoms in total. The minimum Gasteiger partial charge on any atom is -0.383 e. The summed E-state index contributed by atoms with van der Waals surface area (Å²) in [4.78, 5) is 4.17. The molecule has 3 rings (SSSR count). The van der Waals surface area contributed by atoms with Crippen molar-refractivity contribution in [3.63, 3.8) is 0 Å². The monoisotopic (exact) mass is 226 g/mol. The average Bonchev–Trinajstić information content (AvgIpc) is 2.34. The van der Waals surface area contributed by atoms with E-state index in [0.29, 0.717) is 11.3 Å². The zero-order valence-electron chi connectivity index (χ0n) is 9.37.